The molecule has 0 aliphatic heterocycles. The lowest BCUT2D eigenvalue weighted by molar-refractivity contribution is -0.136. The third-order valence-corrected chi connectivity index (χ3v) is 3.70. The molecule has 0 spiro atoms. The van der Waals surface area contributed by atoms with E-state index in [2.05, 4.69) is 10.6 Å². The number of anilines is 1. The largest absolute Gasteiger partial charge is 0.496 e. The lowest BCUT2D eigenvalue weighted by atomic mass is 10.1. The minimum Gasteiger partial charge on any atom is -0.496 e. The summed E-state index contributed by atoms with van der Waals surface area (Å²) in [7, 11) is 3.11. The fraction of sp³-hybridized carbons (Fsp3) is 0.263. The van der Waals surface area contributed by atoms with Gasteiger partial charge in [0.2, 0.25) is 0 Å². The summed E-state index contributed by atoms with van der Waals surface area (Å²) in [6.45, 7) is 2.06. The van der Waals surface area contributed by atoms with Gasteiger partial charge in [-0.15, -0.1) is 0 Å². The van der Waals surface area contributed by atoms with Gasteiger partial charge in [0.25, 0.3) is 0 Å². The smallest absolute Gasteiger partial charge is 0.313 e. The molecule has 2 amide bonds. The summed E-state index contributed by atoms with van der Waals surface area (Å²) in [4.78, 5) is 24.0. The van der Waals surface area contributed by atoms with E-state index in [9.17, 15) is 9.59 Å². The van der Waals surface area contributed by atoms with E-state index >= 15 is 0 Å². The molecule has 2 aromatic rings. The molecule has 0 heterocycles. The summed E-state index contributed by atoms with van der Waals surface area (Å²) >= 11 is 0. The first-order valence-electron chi connectivity index (χ1n) is 7.86. The zero-order chi connectivity index (χ0) is 18.2. The number of carbonyl (C=O) groups excluding carboxylic acids is 2. The van der Waals surface area contributed by atoms with Crippen molar-refractivity contribution in [2.75, 3.05) is 26.1 Å². The number of benzene rings is 2. The molecule has 0 fully saturated rings. The second kappa shape index (κ2) is 8.84. The van der Waals surface area contributed by atoms with E-state index in [1.165, 1.54) is 7.11 Å². The number of ether oxygens (including phenoxy) is 2. The van der Waals surface area contributed by atoms with E-state index in [4.69, 9.17) is 9.47 Å². The minimum atomic E-state index is -0.724. The Morgan fingerprint density at radius 3 is 2.48 bits per heavy atom. The second-order valence-corrected chi connectivity index (χ2v) is 5.50. The van der Waals surface area contributed by atoms with Crippen LogP contribution in [0.4, 0.5) is 5.69 Å². The van der Waals surface area contributed by atoms with Crippen molar-refractivity contribution in [3.8, 4) is 5.75 Å². The van der Waals surface area contributed by atoms with E-state index in [-0.39, 0.29) is 6.54 Å². The SMILES string of the molecule is COc1ccccc1C(CNC(=O)C(=O)Nc1cccc(C)c1)OC. The van der Waals surface area contributed by atoms with Gasteiger partial charge in [-0.1, -0.05) is 30.3 Å². The molecule has 1 atom stereocenters. The monoisotopic (exact) mass is 342 g/mol. The summed E-state index contributed by atoms with van der Waals surface area (Å²) in [5, 5.41) is 5.16. The first kappa shape index (κ1) is 18.5. The first-order chi connectivity index (χ1) is 12.0. The van der Waals surface area contributed by atoms with Crippen molar-refractivity contribution >= 4 is 17.5 Å². The summed E-state index contributed by atoms with van der Waals surface area (Å²) in [5.74, 6) is -0.785. The van der Waals surface area contributed by atoms with Gasteiger partial charge in [0.1, 0.15) is 11.9 Å². The quantitative estimate of drug-likeness (QED) is 0.791. The highest BCUT2D eigenvalue weighted by Gasteiger charge is 2.19. The topological polar surface area (TPSA) is 76.7 Å². The van der Waals surface area contributed by atoms with Gasteiger partial charge in [-0.25, -0.2) is 0 Å². The highest BCUT2D eigenvalue weighted by Crippen LogP contribution is 2.26. The fourth-order valence-electron chi connectivity index (χ4n) is 2.43. The summed E-state index contributed by atoms with van der Waals surface area (Å²) in [6.07, 6.45) is -0.424. The molecule has 2 N–H and O–H groups in total. The standard InChI is InChI=1S/C19H22N2O4/c1-13-7-6-8-14(11-13)21-19(23)18(22)20-12-17(25-3)15-9-4-5-10-16(15)24-2/h4-11,17H,12H2,1-3H3,(H,20,22)(H,21,23). The molecule has 132 valence electrons. The van der Waals surface area contributed by atoms with E-state index in [0.717, 1.165) is 11.1 Å². The molecule has 0 aliphatic rings. The van der Waals surface area contributed by atoms with Gasteiger partial charge in [0.15, 0.2) is 0 Å². The normalized spacial score (nSPS) is 11.5. The van der Waals surface area contributed by atoms with Gasteiger partial charge in [0, 0.05) is 24.9 Å². The average Bonchev–Trinajstić information content (AvgIpc) is 2.62. The lowest BCUT2D eigenvalue weighted by Gasteiger charge is -2.18. The van der Waals surface area contributed by atoms with Crippen molar-refractivity contribution < 1.29 is 19.1 Å². The molecule has 0 aliphatic carbocycles. The van der Waals surface area contributed by atoms with E-state index in [0.29, 0.717) is 11.4 Å². The first-order valence-corrected chi connectivity index (χ1v) is 7.86. The Morgan fingerprint density at radius 1 is 1.04 bits per heavy atom. The van der Waals surface area contributed by atoms with Gasteiger partial charge in [-0.3, -0.25) is 9.59 Å². The van der Waals surface area contributed by atoms with Crippen molar-refractivity contribution in [2.45, 2.75) is 13.0 Å². The Balaban J connectivity index is 1.96. The third-order valence-electron chi connectivity index (χ3n) is 3.70. The molecule has 1 unspecified atom stereocenters. The Hall–Kier alpha value is -2.86. The Bertz CT molecular complexity index is 746. The highest BCUT2D eigenvalue weighted by atomic mass is 16.5. The van der Waals surface area contributed by atoms with E-state index in [1.54, 1.807) is 19.2 Å². The van der Waals surface area contributed by atoms with Crippen molar-refractivity contribution in [3.63, 3.8) is 0 Å². The Kier molecular flexibility index (Phi) is 6.54. The number of hydrogen-bond acceptors (Lipinski definition) is 4. The van der Waals surface area contributed by atoms with Crippen LogP contribution in [0.2, 0.25) is 0 Å². The number of hydrogen-bond donors (Lipinski definition) is 2. The fourth-order valence-corrected chi connectivity index (χ4v) is 2.43. The molecule has 0 saturated heterocycles. The molecular weight excluding hydrogens is 320 g/mol. The van der Waals surface area contributed by atoms with Gasteiger partial charge in [-0.05, 0) is 30.7 Å². The average molecular weight is 342 g/mol. The third kappa shape index (κ3) is 5.06. The van der Waals surface area contributed by atoms with E-state index in [1.807, 2.05) is 43.3 Å². The summed E-state index contributed by atoms with van der Waals surface area (Å²) in [5.41, 5.74) is 2.37. The Labute approximate surface area is 147 Å². The van der Waals surface area contributed by atoms with Crippen LogP contribution in [0.15, 0.2) is 48.5 Å². The van der Waals surface area contributed by atoms with Crippen LogP contribution in [0, 0.1) is 6.92 Å². The summed E-state index contributed by atoms with van der Waals surface area (Å²) < 4.78 is 10.7. The molecule has 6 nitrogen and oxygen atoms in total. The number of rotatable bonds is 6. The van der Waals surface area contributed by atoms with Crippen LogP contribution in [0.3, 0.4) is 0 Å². The molecule has 2 aromatic carbocycles. The second-order valence-electron chi connectivity index (χ2n) is 5.50. The Morgan fingerprint density at radius 2 is 1.80 bits per heavy atom. The lowest BCUT2D eigenvalue weighted by Crippen LogP contribution is -2.38. The number of para-hydroxylation sites is 1. The number of amides is 2. The van der Waals surface area contributed by atoms with Crippen LogP contribution in [0.1, 0.15) is 17.2 Å². The molecular formula is C19H22N2O4. The van der Waals surface area contributed by atoms with Crippen LogP contribution >= 0.6 is 0 Å². The molecule has 0 radical (unpaired) electrons. The van der Waals surface area contributed by atoms with Gasteiger partial charge in [0.05, 0.1) is 7.11 Å². The maximum atomic E-state index is 12.0. The predicted molar refractivity (Wildman–Crippen MR) is 95.6 cm³/mol. The number of aryl methyl sites for hydroxylation is 1. The van der Waals surface area contributed by atoms with Crippen molar-refractivity contribution in [1.29, 1.82) is 0 Å². The van der Waals surface area contributed by atoms with Crippen LogP contribution in [-0.4, -0.2) is 32.6 Å². The van der Waals surface area contributed by atoms with Crippen molar-refractivity contribution in [2.24, 2.45) is 0 Å². The highest BCUT2D eigenvalue weighted by molar-refractivity contribution is 6.39. The van der Waals surface area contributed by atoms with Crippen LogP contribution in [0.5, 0.6) is 5.75 Å². The van der Waals surface area contributed by atoms with Crippen molar-refractivity contribution in [1.82, 2.24) is 5.32 Å². The minimum absolute atomic E-state index is 0.150. The molecule has 0 bridgehead atoms. The zero-order valence-corrected chi connectivity index (χ0v) is 14.5. The maximum Gasteiger partial charge on any atom is 0.313 e. The van der Waals surface area contributed by atoms with Gasteiger partial charge in [-0.2, -0.15) is 0 Å². The summed E-state index contributed by atoms with van der Waals surface area (Å²) in [6, 6.07) is 14.6. The van der Waals surface area contributed by atoms with Gasteiger partial charge < -0.3 is 20.1 Å². The van der Waals surface area contributed by atoms with Crippen LogP contribution < -0.4 is 15.4 Å². The molecule has 6 heteroatoms. The number of carbonyl (C=O) groups is 2. The maximum absolute atomic E-state index is 12.0. The molecule has 0 saturated carbocycles. The van der Waals surface area contributed by atoms with E-state index < -0.39 is 17.9 Å². The number of methoxy groups -OCH3 is 2. The van der Waals surface area contributed by atoms with Crippen LogP contribution in [-0.2, 0) is 14.3 Å². The zero-order valence-electron chi connectivity index (χ0n) is 14.5. The van der Waals surface area contributed by atoms with Gasteiger partial charge >= 0.3 is 11.8 Å². The molecule has 25 heavy (non-hydrogen) atoms. The van der Waals surface area contributed by atoms with Crippen molar-refractivity contribution in [3.05, 3.63) is 59.7 Å². The van der Waals surface area contributed by atoms with Crippen LogP contribution in [0.25, 0.3) is 0 Å². The molecule has 0 aromatic heterocycles. The number of nitrogens with one attached hydrogen (secondary N) is 2. The molecule has 2 rings (SSSR count). The predicted octanol–water partition coefficient (Wildman–Crippen LogP) is 2.45.